The molecule has 0 aliphatic carbocycles. The Bertz CT molecular complexity index is 328. The molecule has 1 rings (SSSR count). The van der Waals surface area contributed by atoms with E-state index in [-0.39, 0.29) is 0 Å². The minimum Gasteiger partial charge on any atom is -0.496 e. The number of nitrogens with one attached hydrogen (secondary N) is 1. The second-order valence-corrected chi connectivity index (χ2v) is 4.44. The van der Waals surface area contributed by atoms with Crippen LogP contribution in [0.5, 0.6) is 5.75 Å². The first-order valence-corrected chi connectivity index (χ1v) is 6.04. The van der Waals surface area contributed by atoms with Crippen molar-refractivity contribution in [2.24, 2.45) is 0 Å². The van der Waals surface area contributed by atoms with Crippen LogP contribution >= 0.6 is 0 Å². The number of ether oxygens (including phenoxy) is 2. The number of methoxy groups -OCH3 is 2. The van der Waals surface area contributed by atoms with Crippen LogP contribution in [0, 0.1) is 0 Å². The van der Waals surface area contributed by atoms with E-state index in [9.17, 15) is 0 Å². The van der Waals surface area contributed by atoms with Gasteiger partial charge in [0.1, 0.15) is 5.75 Å². The molecule has 3 heteroatoms. The molecule has 0 amide bonds. The molecule has 0 heterocycles. The summed E-state index contributed by atoms with van der Waals surface area (Å²) in [5.74, 6) is 0.959. The van der Waals surface area contributed by atoms with Crippen LogP contribution in [0.1, 0.15) is 19.4 Å². The molecule has 0 fully saturated rings. The second-order valence-electron chi connectivity index (χ2n) is 4.44. The summed E-state index contributed by atoms with van der Waals surface area (Å²) in [7, 11) is 3.44. The molecule has 0 radical (unpaired) electrons. The molecule has 0 saturated heterocycles. The van der Waals surface area contributed by atoms with E-state index in [4.69, 9.17) is 9.47 Å². The van der Waals surface area contributed by atoms with E-state index in [0.29, 0.717) is 12.1 Å². The fourth-order valence-electron chi connectivity index (χ4n) is 2.04. The van der Waals surface area contributed by atoms with Crippen molar-refractivity contribution in [2.75, 3.05) is 20.8 Å². The van der Waals surface area contributed by atoms with Gasteiger partial charge in [-0.25, -0.2) is 0 Å². The Morgan fingerprint density at radius 1 is 1.12 bits per heavy atom. The molecule has 0 unspecified atom stereocenters. The second kappa shape index (κ2) is 7.30. The monoisotopic (exact) mass is 237 g/mol. The number of hydrogen-bond acceptors (Lipinski definition) is 3. The van der Waals surface area contributed by atoms with Gasteiger partial charge in [0.2, 0.25) is 0 Å². The lowest BCUT2D eigenvalue weighted by atomic mass is 10.1. The summed E-state index contributed by atoms with van der Waals surface area (Å²) in [6.45, 7) is 5.04. The van der Waals surface area contributed by atoms with Crippen LogP contribution in [0.3, 0.4) is 0 Å². The molecule has 0 aliphatic heterocycles. The largest absolute Gasteiger partial charge is 0.496 e. The Balaban J connectivity index is 2.52. The third kappa shape index (κ3) is 4.75. The van der Waals surface area contributed by atoms with E-state index in [1.165, 1.54) is 5.56 Å². The van der Waals surface area contributed by atoms with Crippen molar-refractivity contribution in [3.8, 4) is 5.75 Å². The number of hydrogen-bond donors (Lipinski definition) is 1. The van der Waals surface area contributed by atoms with Crippen LogP contribution in [0.25, 0.3) is 0 Å². The van der Waals surface area contributed by atoms with Crippen LogP contribution in [0.4, 0.5) is 0 Å². The Morgan fingerprint density at radius 2 is 1.82 bits per heavy atom. The maximum Gasteiger partial charge on any atom is 0.122 e. The summed E-state index contributed by atoms with van der Waals surface area (Å²) in [6.07, 6.45) is 0.956. The zero-order valence-electron chi connectivity index (χ0n) is 11.2. The highest BCUT2D eigenvalue weighted by Crippen LogP contribution is 2.18. The van der Waals surface area contributed by atoms with Crippen molar-refractivity contribution in [2.45, 2.75) is 32.4 Å². The Morgan fingerprint density at radius 3 is 2.47 bits per heavy atom. The lowest BCUT2D eigenvalue weighted by molar-refractivity contribution is 0.167. The van der Waals surface area contributed by atoms with Crippen molar-refractivity contribution < 1.29 is 9.47 Å². The summed E-state index contributed by atoms with van der Waals surface area (Å²) in [5, 5.41) is 3.50. The van der Waals surface area contributed by atoms with E-state index in [2.05, 4.69) is 25.2 Å². The minimum absolute atomic E-state index is 0.365. The molecular formula is C14H23NO2. The average Bonchev–Trinajstić information content (AvgIpc) is 2.29. The summed E-state index contributed by atoms with van der Waals surface area (Å²) < 4.78 is 10.5. The first-order chi connectivity index (χ1) is 8.17. The van der Waals surface area contributed by atoms with Crippen molar-refractivity contribution in [3.05, 3.63) is 29.8 Å². The molecule has 2 atom stereocenters. The maximum atomic E-state index is 5.35. The maximum absolute atomic E-state index is 5.35. The quantitative estimate of drug-likeness (QED) is 0.789. The molecule has 0 saturated carbocycles. The Labute approximate surface area is 104 Å². The van der Waals surface area contributed by atoms with Gasteiger partial charge in [0, 0.05) is 19.2 Å². The Kier molecular flexibility index (Phi) is 6.01. The highest BCUT2D eigenvalue weighted by molar-refractivity contribution is 5.33. The van der Waals surface area contributed by atoms with Crippen LogP contribution in [-0.2, 0) is 11.2 Å². The average molecular weight is 237 g/mol. The van der Waals surface area contributed by atoms with Crippen molar-refractivity contribution >= 4 is 0 Å². The van der Waals surface area contributed by atoms with E-state index >= 15 is 0 Å². The van der Waals surface area contributed by atoms with E-state index in [1.54, 1.807) is 14.2 Å². The Hall–Kier alpha value is -1.06. The number of para-hydroxylation sites is 1. The molecular weight excluding hydrogens is 214 g/mol. The molecule has 96 valence electrons. The summed E-state index contributed by atoms with van der Waals surface area (Å²) in [5.41, 5.74) is 1.24. The van der Waals surface area contributed by atoms with E-state index in [1.807, 2.05) is 18.2 Å². The molecule has 1 aromatic rings. The third-order valence-electron chi connectivity index (χ3n) is 2.70. The zero-order chi connectivity index (χ0) is 12.7. The van der Waals surface area contributed by atoms with Crippen molar-refractivity contribution in [1.82, 2.24) is 5.32 Å². The van der Waals surface area contributed by atoms with Crippen LogP contribution in [0.2, 0.25) is 0 Å². The summed E-state index contributed by atoms with van der Waals surface area (Å²) in [4.78, 5) is 0. The van der Waals surface area contributed by atoms with Gasteiger partial charge in [-0.05, 0) is 31.9 Å². The first-order valence-electron chi connectivity index (χ1n) is 6.04. The van der Waals surface area contributed by atoms with Gasteiger partial charge in [0.25, 0.3) is 0 Å². The first kappa shape index (κ1) is 14.0. The molecule has 0 spiro atoms. The fourth-order valence-corrected chi connectivity index (χ4v) is 2.04. The number of rotatable bonds is 7. The van der Waals surface area contributed by atoms with Gasteiger partial charge in [-0.2, -0.15) is 0 Å². The molecule has 1 N–H and O–H groups in total. The zero-order valence-corrected chi connectivity index (χ0v) is 11.2. The van der Waals surface area contributed by atoms with Gasteiger partial charge in [0.05, 0.1) is 13.7 Å². The highest BCUT2D eigenvalue weighted by atomic mass is 16.5. The predicted octanol–water partition coefficient (Wildman–Crippen LogP) is 2.25. The number of benzene rings is 1. The van der Waals surface area contributed by atoms with Gasteiger partial charge < -0.3 is 14.8 Å². The smallest absolute Gasteiger partial charge is 0.122 e. The van der Waals surface area contributed by atoms with Gasteiger partial charge in [-0.15, -0.1) is 0 Å². The molecule has 3 nitrogen and oxygen atoms in total. The van der Waals surface area contributed by atoms with Gasteiger partial charge in [-0.3, -0.25) is 0 Å². The lowest BCUT2D eigenvalue weighted by Crippen LogP contribution is -2.38. The van der Waals surface area contributed by atoms with Gasteiger partial charge >= 0.3 is 0 Å². The predicted molar refractivity (Wildman–Crippen MR) is 70.6 cm³/mol. The molecule has 1 aromatic carbocycles. The normalized spacial score (nSPS) is 14.4. The molecule has 0 bridgehead atoms. The third-order valence-corrected chi connectivity index (χ3v) is 2.70. The van der Waals surface area contributed by atoms with Crippen LogP contribution < -0.4 is 10.1 Å². The van der Waals surface area contributed by atoms with Crippen molar-refractivity contribution in [1.29, 1.82) is 0 Å². The van der Waals surface area contributed by atoms with E-state index < -0.39 is 0 Å². The van der Waals surface area contributed by atoms with Crippen molar-refractivity contribution in [3.63, 3.8) is 0 Å². The molecule has 17 heavy (non-hydrogen) atoms. The highest BCUT2D eigenvalue weighted by Gasteiger charge is 2.10. The minimum atomic E-state index is 0.365. The van der Waals surface area contributed by atoms with Gasteiger partial charge in [-0.1, -0.05) is 18.2 Å². The fraction of sp³-hybridized carbons (Fsp3) is 0.571. The lowest BCUT2D eigenvalue weighted by Gasteiger charge is -2.20. The van der Waals surface area contributed by atoms with Crippen LogP contribution in [-0.4, -0.2) is 32.9 Å². The summed E-state index contributed by atoms with van der Waals surface area (Å²) >= 11 is 0. The molecule has 0 aromatic heterocycles. The standard InChI is InChI=1S/C14H23NO2/c1-11(15-12(2)10-16-3)9-13-7-5-6-8-14(13)17-4/h5-8,11-12,15H,9-10H2,1-4H3/t11-,12-/m0/s1. The summed E-state index contributed by atoms with van der Waals surface area (Å²) in [6, 6.07) is 8.91. The SMILES string of the molecule is COC[C@H](C)N[C@@H](C)Cc1ccccc1OC. The van der Waals surface area contributed by atoms with E-state index in [0.717, 1.165) is 18.8 Å². The van der Waals surface area contributed by atoms with Crippen LogP contribution in [0.15, 0.2) is 24.3 Å². The topological polar surface area (TPSA) is 30.5 Å². The van der Waals surface area contributed by atoms with Gasteiger partial charge in [0.15, 0.2) is 0 Å². The molecule has 0 aliphatic rings.